The molecule has 2 rings (SSSR count). The van der Waals surface area contributed by atoms with Crippen LogP contribution in [0, 0.1) is 17.0 Å². The molecule has 2 N–H and O–H groups in total. The minimum atomic E-state index is -1.02. The Kier molecular flexibility index (Phi) is 5.39. The van der Waals surface area contributed by atoms with Crippen LogP contribution in [-0.2, 0) is 14.4 Å². The molecule has 1 aromatic carbocycles. The van der Waals surface area contributed by atoms with Gasteiger partial charge >= 0.3 is 5.97 Å². The number of carbonyl (C=O) groups excluding carboxylic acids is 2. The van der Waals surface area contributed by atoms with E-state index < -0.39 is 46.6 Å². The highest BCUT2D eigenvalue weighted by Gasteiger charge is 2.37. The van der Waals surface area contributed by atoms with Crippen LogP contribution in [0.5, 0.6) is 0 Å². The average molecular weight is 354 g/mol. The van der Waals surface area contributed by atoms with Crippen molar-refractivity contribution in [3.8, 4) is 0 Å². The first-order valence-corrected chi connectivity index (χ1v) is 7.87. The SMILES string of the molecule is CC(C)(CC(=O)O)CC(=O)NC1CCN(c2c(F)cccc2F)C1=O. The number of rotatable bonds is 6. The number of para-hydroxylation sites is 1. The van der Waals surface area contributed by atoms with Crippen LogP contribution in [0.4, 0.5) is 14.5 Å². The van der Waals surface area contributed by atoms with Crippen LogP contribution in [-0.4, -0.2) is 35.5 Å². The number of hydrogen-bond acceptors (Lipinski definition) is 3. The second-order valence-electron chi connectivity index (χ2n) is 6.88. The predicted molar refractivity (Wildman–Crippen MR) is 85.9 cm³/mol. The van der Waals surface area contributed by atoms with Crippen molar-refractivity contribution in [1.82, 2.24) is 5.32 Å². The van der Waals surface area contributed by atoms with Crippen molar-refractivity contribution in [3.05, 3.63) is 29.8 Å². The number of carboxylic acid groups (broad SMARTS) is 1. The molecule has 1 fully saturated rings. The standard InChI is InChI=1S/C17H20F2N2O4/c1-17(2,9-14(23)24)8-13(22)20-12-6-7-21(16(12)25)15-10(18)4-3-5-11(15)19/h3-5,12H,6-9H2,1-2H3,(H,20,22)(H,23,24). The Morgan fingerprint density at radius 1 is 1.28 bits per heavy atom. The summed E-state index contributed by atoms with van der Waals surface area (Å²) in [5, 5.41) is 11.4. The van der Waals surface area contributed by atoms with Crippen molar-refractivity contribution < 1.29 is 28.3 Å². The van der Waals surface area contributed by atoms with Crippen LogP contribution < -0.4 is 10.2 Å². The summed E-state index contributed by atoms with van der Waals surface area (Å²) in [6, 6.07) is 2.45. The van der Waals surface area contributed by atoms with Gasteiger partial charge in [0.15, 0.2) is 0 Å². The Morgan fingerprint density at radius 2 is 1.88 bits per heavy atom. The molecule has 1 aromatic rings. The second kappa shape index (κ2) is 7.16. The lowest BCUT2D eigenvalue weighted by Crippen LogP contribution is -2.43. The number of nitrogens with one attached hydrogen (secondary N) is 1. The first-order chi connectivity index (χ1) is 11.6. The van der Waals surface area contributed by atoms with E-state index in [1.165, 1.54) is 6.07 Å². The molecule has 2 amide bonds. The van der Waals surface area contributed by atoms with Crippen LogP contribution in [0.2, 0.25) is 0 Å². The minimum absolute atomic E-state index is 0.0723. The van der Waals surface area contributed by atoms with Gasteiger partial charge in [-0.2, -0.15) is 0 Å². The summed E-state index contributed by atoms with van der Waals surface area (Å²) < 4.78 is 27.7. The zero-order valence-electron chi connectivity index (χ0n) is 14.0. The van der Waals surface area contributed by atoms with E-state index in [0.29, 0.717) is 0 Å². The Bertz CT molecular complexity index is 686. The van der Waals surface area contributed by atoms with Crippen molar-refractivity contribution in [3.63, 3.8) is 0 Å². The fourth-order valence-corrected chi connectivity index (χ4v) is 2.93. The number of aliphatic carboxylic acids is 1. The van der Waals surface area contributed by atoms with Crippen molar-refractivity contribution >= 4 is 23.5 Å². The fraction of sp³-hybridized carbons (Fsp3) is 0.471. The predicted octanol–water partition coefficient (Wildman–Crippen LogP) is 2.08. The topological polar surface area (TPSA) is 86.7 Å². The van der Waals surface area contributed by atoms with Gasteiger partial charge in [-0.05, 0) is 24.0 Å². The smallest absolute Gasteiger partial charge is 0.303 e. The average Bonchev–Trinajstić information content (AvgIpc) is 2.78. The zero-order valence-corrected chi connectivity index (χ0v) is 14.0. The largest absolute Gasteiger partial charge is 0.481 e. The van der Waals surface area contributed by atoms with Gasteiger partial charge in [0.05, 0.1) is 6.42 Å². The molecule has 0 saturated carbocycles. The van der Waals surface area contributed by atoms with Crippen LogP contribution in [0.25, 0.3) is 0 Å². The third-order valence-corrected chi connectivity index (χ3v) is 4.02. The highest BCUT2D eigenvalue weighted by Crippen LogP contribution is 2.28. The monoisotopic (exact) mass is 354 g/mol. The van der Waals surface area contributed by atoms with Gasteiger partial charge in [0.25, 0.3) is 0 Å². The van der Waals surface area contributed by atoms with Crippen molar-refractivity contribution in [1.29, 1.82) is 0 Å². The lowest BCUT2D eigenvalue weighted by atomic mass is 9.85. The summed E-state index contributed by atoms with van der Waals surface area (Å²) in [5.74, 6) is -3.77. The van der Waals surface area contributed by atoms with Crippen molar-refractivity contribution in [2.45, 2.75) is 39.2 Å². The molecule has 1 unspecified atom stereocenters. The molecule has 25 heavy (non-hydrogen) atoms. The number of carboxylic acids is 1. The summed E-state index contributed by atoms with van der Waals surface area (Å²) >= 11 is 0. The Morgan fingerprint density at radius 3 is 2.44 bits per heavy atom. The second-order valence-corrected chi connectivity index (χ2v) is 6.88. The molecule has 1 atom stereocenters. The maximum absolute atomic E-state index is 13.8. The molecule has 1 aliphatic heterocycles. The van der Waals surface area contributed by atoms with Crippen LogP contribution in [0.15, 0.2) is 18.2 Å². The normalized spacial score (nSPS) is 17.7. The maximum atomic E-state index is 13.8. The number of nitrogens with zero attached hydrogens (tertiary/aromatic N) is 1. The molecule has 0 aliphatic carbocycles. The van der Waals surface area contributed by atoms with Gasteiger partial charge in [0.2, 0.25) is 11.8 Å². The van der Waals surface area contributed by atoms with Crippen LogP contribution in [0.3, 0.4) is 0 Å². The lowest BCUT2D eigenvalue weighted by molar-refractivity contribution is -0.140. The van der Waals surface area contributed by atoms with E-state index in [4.69, 9.17) is 5.11 Å². The summed E-state index contributed by atoms with van der Waals surface area (Å²) in [6.07, 6.45) is -0.0412. The summed E-state index contributed by atoms with van der Waals surface area (Å²) in [5.41, 5.74) is -1.19. The molecule has 8 heteroatoms. The van der Waals surface area contributed by atoms with Crippen LogP contribution in [0.1, 0.15) is 33.1 Å². The molecule has 1 aliphatic rings. The molecular formula is C17H20F2N2O4. The summed E-state index contributed by atoms with van der Waals surface area (Å²) in [4.78, 5) is 36.2. The Hall–Kier alpha value is -2.51. The van der Waals surface area contributed by atoms with Gasteiger partial charge in [-0.15, -0.1) is 0 Å². The molecule has 6 nitrogen and oxygen atoms in total. The number of carbonyl (C=O) groups is 3. The van der Waals surface area contributed by atoms with E-state index in [0.717, 1.165) is 17.0 Å². The molecule has 0 aromatic heterocycles. The molecule has 0 bridgehead atoms. The van der Waals surface area contributed by atoms with Gasteiger partial charge < -0.3 is 15.3 Å². The van der Waals surface area contributed by atoms with E-state index in [1.807, 2.05) is 0 Å². The third-order valence-electron chi connectivity index (χ3n) is 4.02. The zero-order chi connectivity index (χ0) is 18.8. The molecule has 1 saturated heterocycles. The highest BCUT2D eigenvalue weighted by molar-refractivity contribution is 6.01. The lowest BCUT2D eigenvalue weighted by Gasteiger charge is -2.23. The first-order valence-electron chi connectivity index (χ1n) is 7.87. The summed E-state index contributed by atoms with van der Waals surface area (Å²) in [7, 11) is 0. The highest BCUT2D eigenvalue weighted by atomic mass is 19.1. The molecule has 136 valence electrons. The molecule has 0 radical (unpaired) electrons. The maximum Gasteiger partial charge on any atom is 0.303 e. The van der Waals surface area contributed by atoms with Gasteiger partial charge in [-0.3, -0.25) is 14.4 Å². The van der Waals surface area contributed by atoms with E-state index in [9.17, 15) is 23.2 Å². The number of amides is 2. The molecule has 1 heterocycles. The molecule has 0 spiro atoms. The van der Waals surface area contributed by atoms with Crippen molar-refractivity contribution in [2.24, 2.45) is 5.41 Å². The fourth-order valence-electron chi connectivity index (χ4n) is 2.93. The first kappa shape index (κ1) is 18.8. The summed E-state index contributed by atoms with van der Waals surface area (Å²) in [6.45, 7) is 3.36. The van der Waals surface area contributed by atoms with E-state index in [-0.39, 0.29) is 25.8 Å². The molecular weight excluding hydrogens is 334 g/mol. The number of hydrogen-bond donors (Lipinski definition) is 2. The van der Waals surface area contributed by atoms with Gasteiger partial charge in [-0.1, -0.05) is 19.9 Å². The van der Waals surface area contributed by atoms with E-state index in [1.54, 1.807) is 13.8 Å². The quantitative estimate of drug-likeness (QED) is 0.819. The van der Waals surface area contributed by atoms with Gasteiger partial charge in [0.1, 0.15) is 23.4 Å². The third kappa shape index (κ3) is 4.52. The van der Waals surface area contributed by atoms with Gasteiger partial charge in [-0.25, -0.2) is 8.78 Å². The Labute approximate surface area is 143 Å². The number of anilines is 1. The van der Waals surface area contributed by atoms with Gasteiger partial charge in [0, 0.05) is 13.0 Å². The Balaban J connectivity index is 2.03. The van der Waals surface area contributed by atoms with E-state index >= 15 is 0 Å². The van der Waals surface area contributed by atoms with E-state index in [2.05, 4.69) is 5.32 Å². The van der Waals surface area contributed by atoms with Crippen LogP contribution >= 0.6 is 0 Å². The number of benzene rings is 1. The minimum Gasteiger partial charge on any atom is -0.481 e. The number of halogens is 2. The van der Waals surface area contributed by atoms with Crippen molar-refractivity contribution in [2.75, 3.05) is 11.4 Å².